The van der Waals surface area contributed by atoms with Crippen LogP contribution in [0, 0.1) is 6.92 Å². The highest BCUT2D eigenvalue weighted by atomic mass is 16.5. The number of benzene rings is 1. The summed E-state index contributed by atoms with van der Waals surface area (Å²) in [7, 11) is 1.89. The number of carbonyl (C=O) groups excluding carboxylic acids is 1. The van der Waals surface area contributed by atoms with Gasteiger partial charge in [-0.15, -0.1) is 0 Å². The van der Waals surface area contributed by atoms with Gasteiger partial charge < -0.3 is 15.0 Å². The smallest absolute Gasteiger partial charge is 0.254 e. The van der Waals surface area contributed by atoms with Gasteiger partial charge in [0.05, 0.1) is 18.8 Å². The lowest BCUT2D eigenvalue weighted by molar-refractivity contribution is -0.0445. The Kier molecular flexibility index (Phi) is 3.66. The minimum absolute atomic E-state index is 0.158. The normalized spacial score (nSPS) is 25.4. The first-order chi connectivity index (χ1) is 9.70. The van der Waals surface area contributed by atoms with E-state index in [1.54, 1.807) is 0 Å². The second-order valence-electron chi connectivity index (χ2n) is 5.69. The Labute approximate surface area is 120 Å². The lowest BCUT2D eigenvalue weighted by atomic mass is 10.0. The summed E-state index contributed by atoms with van der Waals surface area (Å²) < 4.78 is 5.78. The summed E-state index contributed by atoms with van der Waals surface area (Å²) in [6, 6.07) is 6.20. The average molecular weight is 274 g/mol. The van der Waals surface area contributed by atoms with Crippen LogP contribution in [0.25, 0.3) is 0 Å². The molecule has 0 aromatic heterocycles. The second kappa shape index (κ2) is 5.44. The Morgan fingerprint density at radius 2 is 2.25 bits per heavy atom. The van der Waals surface area contributed by atoms with Gasteiger partial charge in [0, 0.05) is 24.8 Å². The maximum atomic E-state index is 12.8. The quantitative estimate of drug-likeness (QED) is 0.900. The van der Waals surface area contributed by atoms with Crippen molar-refractivity contribution in [2.45, 2.75) is 38.3 Å². The van der Waals surface area contributed by atoms with E-state index in [1.165, 1.54) is 0 Å². The molecule has 2 unspecified atom stereocenters. The number of morpholine rings is 1. The van der Waals surface area contributed by atoms with Crippen molar-refractivity contribution in [2.24, 2.45) is 0 Å². The molecule has 1 amide bonds. The van der Waals surface area contributed by atoms with E-state index in [4.69, 9.17) is 4.74 Å². The molecule has 2 atom stereocenters. The van der Waals surface area contributed by atoms with Gasteiger partial charge in [0.25, 0.3) is 5.91 Å². The van der Waals surface area contributed by atoms with Gasteiger partial charge in [-0.05, 0) is 49.9 Å². The lowest BCUT2D eigenvalue weighted by Gasteiger charge is -2.38. The van der Waals surface area contributed by atoms with E-state index < -0.39 is 0 Å². The van der Waals surface area contributed by atoms with Crippen LogP contribution in [0.15, 0.2) is 18.2 Å². The third-order valence-corrected chi connectivity index (χ3v) is 4.49. The number of rotatable bonds is 2. The number of carbonyl (C=O) groups is 1. The monoisotopic (exact) mass is 274 g/mol. The maximum absolute atomic E-state index is 12.8. The van der Waals surface area contributed by atoms with Gasteiger partial charge in [-0.1, -0.05) is 0 Å². The van der Waals surface area contributed by atoms with E-state index in [9.17, 15) is 4.79 Å². The first-order valence-electron chi connectivity index (χ1n) is 7.41. The summed E-state index contributed by atoms with van der Waals surface area (Å²) in [5.74, 6) is 0.158. The minimum atomic E-state index is 0.158. The molecule has 3 rings (SSSR count). The number of ether oxygens (including phenoxy) is 1. The third-order valence-electron chi connectivity index (χ3n) is 4.49. The van der Waals surface area contributed by atoms with Crippen LogP contribution in [0.5, 0.6) is 0 Å². The van der Waals surface area contributed by atoms with Gasteiger partial charge in [0.2, 0.25) is 0 Å². The molecule has 2 fully saturated rings. The number of nitrogens with one attached hydrogen (secondary N) is 1. The van der Waals surface area contributed by atoms with E-state index in [0.29, 0.717) is 13.2 Å². The molecular weight excluding hydrogens is 252 g/mol. The molecule has 1 N–H and O–H groups in total. The number of hydrogen-bond donors (Lipinski definition) is 1. The fourth-order valence-corrected chi connectivity index (χ4v) is 3.39. The van der Waals surface area contributed by atoms with Crippen molar-refractivity contribution < 1.29 is 9.53 Å². The van der Waals surface area contributed by atoms with Crippen molar-refractivity contribution in [1.29, 1.82) is 0 Å². The number of aryl methyl sites for hydroxylation is 1. The van der Waals surface area contributed by atoms with Crippen LogP contribution in [0.3, 0.4) is 0 Å². The molecule has 4 heteroatoms. The Hall–Kier alpha value is -1.55. The van der Waals surface area contributed by atoms with Gasteiger partial charge >= 0.3 is 0 Å². The number of nitrogens with zero attached hydrogens (tertiary/aromatic N) is 1. The van der Waals surface area contributed by atoms with Crippen LogP contribution >= 0.6 is 0 Å². The standard InChI is InChI=1S/C16H22N2O2/c1-11-10-12(17-2)6-7-13(11)16(19)18-8-9-20-15-5-3-4-14(15)18/h6-7,10,14-15,17H,3-5,8-9H2,1-2H3. The first kappa shape index (κ1) is 13.4. The molecule has 1 saturated heterocycles. The highest BCUT2D eigenvalue weighted by Crippen LogP contribution is 2.31. The number of fused-ring (bicyclic) bond motifs is 1. The number of hydrogen-bond acceptors (Lipinski definition) is 3. The highest BCUT2D eigenvalue weighted by Gasteiger charge is 2.38. The van der Waals surface area contributed by atoms with E-state index in [2.05, 4.69) is 5.32 Å². The van der Waals surface area contributed by atoms with Crippen LogP contribution in [0.1, 0.15) is 35.2 Å². The van der Waals surface area contributed by atoms with E-state index in [0.717, 1.165) is 36.1 Å². The molecule has 1 heterocycles. The number of anilines is 1. The predicted molar refractivity (Wildman–Crippen MR) is 79.1 cm³/mol. The summed E-state index contributed by atoms with van der Waals surface area (Å²) in [5.41, 5.74) is 2.89. The maximum Gasteiger partial charge on any atom is 0.254 e. The molecule has 20 heavy (non-hydrogen) atoms. The van der Waals surface area contributed by atoms with Gasteiger partial charge in [-0.3, -0.25) is 4.79 Å². The molecule has 2 aliphatic rings. The predicted octanol–water partition coefficient (Wildman–Crippen LogP) is 2.43. The highest BCUT2D eigenvalue weighted by molar-refractivity contribution is 5.96. The first-order valence-corrected chi connectivity index (χ1v) is 7.41. The van der Waals surface area contributed by atoms with E-state index in [1.807, 2.05) is 37.1 Å². The summed E-state index contributed by atoms with van der Waals surface area (Å²) >= 11 is 0. The fraction of sp³-hybridized carbons (Fsp3) is 0.562. The number of amides is 1. The van der Waals surface area contributed by atoms with E-state index >= 15 is 0 Å². The Bertz CT molecular complexity index is 515. The summed E-state index contributed by atoms with van der Waals surface area (Å²) in [5, 5.41) is 3.11. The molecule has 0 bridgehead atoms. The zero-order valence-corrected chi connectivity index (χ0v) is 12.2. The largest absolute Gasteiger partial charge is 0.388 e. The zero-order chi connectivity index (χ0) is 14.1. The second-order valence-corrected chi connectivity index (χ2v) is 5.69. The van der Waals surface area contributed by atoms with Crippen LogP contribution in [0.4, 0.5) is 5.69 Å². The van der Waals surface area contributed by atoms with Crippen LogP contribution in [-0.2, 0) is 4.74 Å². The summed E-state index contributed by atoms with van der Waals surface area (Å²) in [6.45, 7) is 3.38. The third kappa shape index (κ3) is 2.29. The topological polar surface area (TPSA) is 41.6 Å². The lowest BCUT2D eigenvalue weighted by Crippen LogP contribution is -2.51. The molecule has 1 aromatic carbocycles. The van der Waals surface area contributed by atoms with Crippen molar-refractivity contribution in [1.82, 2.24) is 4.90 Å². The van der Waals surface area contributed by atoms with E-state index in [-0.39, 0.29) is 18.1 Å². The zero-order valence-electron chi connectivity index (χ0n) is 12.2. The molecule has 1 aromatic rings. The molecule has 4 nitrogen and oxygen atoms in total. The summed E-state index contributed by atoms with van der Waals surface area (Å²) in [4.78, 5) is 14.8. The van der Waals surface area contributed by atoms with Gasteiger partial charge in [-0.25, -0.2) is 0 Å². The molecule has 1 saturated carbocycles. The molecule has 1 aliphatic carbocycles. The SMILES string of the molecule is CNc1ccc(C(=O)N2CCOC3CCCC32)c(C)c1. The van der Waals surface area contributed by atoms with Crippen LogP contribution in [-0.4, -0.2) is 43.2 Å². The molecule has 1 aliphatic heterocycles. The molecule has 0 radical (unpaired) electrons. The van der Waals surface area contributed by atoms with Gasteiger partial charge in [-0.2, -0.15) is 0 Å². The van der Waals surface area contributed by atoms with Crippen molar-refractivity contribution in [2.75, 3.05) is 25.5 Å². The molecule has 108 valence electrons. The Balaban J connectivity index is 1.84. The molecule has 0 spiro atoms. The minimum Gasteiger partial charge on any atom is -0.388 e. The van der Waals surface area contributed by atoms with Gasteiger partial charge in [0.15, 0.2) is 0 Å². The van der Waals surface area contributed by atoms with Crippen LogP contribution < -0.4 is 5.32 Å². The Morgan fingerprint density at radius 3 is 3.00 bits per heavy atom. The average Bonchev–Trinajstić information content (AvgIpc) is 2.94. The molecular formula is C16H22N2O2. The van der Waals surface area contributed by atoms with Crippen molar-refractivity contribution in [3.8, 4) is 0 Å². The van der Waals surface area contributed by atoms with Crippen molar-refractivity contribution in [3.05, 3.63) is 29.3 Å². The van der Waals surface area contributed by atoms with Crippen LogP contribution in [0.2, 0.25) is 0 Å². The van der Waals surface area contributed by atoms with Crippen molar-refractivity contribution in [3.63, 3.8) is 0 Å². The Morgan fingerprint density at radius 1 is 1.40 bits per heavy atom. The fourth-order valence-electron chi connectivity index (χ4n) is 3.39. The summed E-state index contributed by atoms with van der Waals surface area (Å²) in [6.07, 6.45) is 3.58. The van der Waals surface area contributed by atoms with Gasteiger partial charge in [0.1, 0.15) is 0 Å². The van der Waals surface area contributed by atoms with Crippen molar-refractivity contribution >= 4 is 11.6 Å².